The maximum atomic E-state index is 12.2. The molecule has 2 N–H and O–H groups in total. The summed E-state index contributed by atoms with van der Waals surface area (Å²) in [6.07, 6.45) is 1.02. The smallest absolute Gasteiger partial charge is 0.191 e. The third kappa shape index (κ3) is 6.81. The van der Waals surface area contributed by atoms with Gasteiger partial charge in [-0.2, -0.15) is 0 Å². The van der Waals surface area contributed by atoms with Gasteiger partial charge in [0.15, 0.2) is 15.8 Å². The van der Waals surface area contributed by atoms with Gasteiger partial charge in [0.25, 0.3) is 0 Å². The minimum absolute atomic E-state index is 0. The van der Waals surface area contributed by atoms with E-state index >= 15 is 0 Å². The average Bonchev–Trinajstić information content (AvgIpc) is 3.02. The Kier molecular flexibility index (Phi) is 8.85. The summed E-state index contributed by atoms with van der Waals surface area (Å²) in [6.45, 7) is 9.54. The number of aliphatic imine (C=N–C) groups is 1. The predicted molar refractivity (Wildman–Crippen MR) is 125 cm³/mol. The number of nitrogens with zero attached hydrogens (tertiary/aromatic N) is 2. The van der Waals surface area contributed by atoms with E-state index in [-0.39, 0.29) is 29.7 Å². The molecule has 0 radical (unpaired) electrons. The monoisotopic (exact) mass is 508 g/mol. The van der Waals surface area contributed by atoms with Crippen molar-refractivity contribution in [2.24, 2.45) is 4.99 Å². The molecule has 0 saturated carbocycles. The zero-order valence-corrected chi connectivity index (χ0v) is 20.1. The molecule has 0 bridgehead atoms. The molecule has 8 heteroatoms. The fourth-order valence-electron chi connectivity index (χ4n) is 2.87. The van der Waals surface area contributed by atoms with Crippen LogP contribution in [0.3, 0.4) is 0 Å². The van der Waals surface area contributed by atoms with E-state index in [2.05, 4.69) is 51.7 Å². The van der Waals surface area contributed by atoms with E-state index in [0.717, 1.165) is 19.5 Å². The predicted octanol–water partition coefficient (Wildman–Crippen LogP) is 2.57. The molecule has 1 fully saturated rings. The van der Waals surface area contributed by atoms with E-state index in [1.807, 2.05) is 0 Å². The number of hydrogen-bond donors (Lipinski definition) is 2. The van der Waals surface area contributed by atoms with E-state index in [9.17, 15) is 8.42 Å². The lowest BCUT2D eigenvalue weighted by molar-refractivity contribution is 0.558. The van der Waals surface area contributed by atoms with E-state index in [1.54, 1.807) is 27.8 Å². The van der Waals surface area contributed by atoms with Crippen molar-refractivity contribution in [2.45, 2.75) is 44.9 Å². The molecule has 1 atom stereocenters. The summed E-state index contributed by atoms with van der Waals surface area (Å²) in [7, 11) is -1.42. The van der Waals surface area contributed by atoms with Crippen LogP contribution in [0, 0.1) is 6.92 Å². The Morgan fingerprint density at radius 1 is 1.26 bits per heavy atom. The number of guanidine groups is 1. The standard InChI is InChI=1S/C19H32N4O2S.HI/c1-15-6-8-17(9-7-15)23-12-10-16(14-23)22-18(20-5)21-11-13-26(24,25)19(2,3)4;/h6-9,16H,10-14H2,1-5H3,(H2,20,21,22);1H. The van der Waals surface area contributed by atoms with Gasteiger partial charge in [0.1, 0.15) is 0 Å². The normalized spacial score (nSPS) is 18.2. The summed E-state index contributed by atoms with van der Waals surface area (Å²) in [6, 6.07) is 8.87. The molecule has 1 aliphatic heterocycles. The van der Waals surface area contributed by atoms with Crippen LogP contribution in [0.1, 0.15) is 32.8 Å². The first-order valence-electron chi connectivity index (χ1n) is 9.13. The fourth-order valence-corrected chi connectivity index (χ4v) is 3.85. The molecule has 0 spiro atoms. The van der Waals surface area contributed by atoms with Gasteiger partial charge in [0.2, 0.25) is 0 Å². The van der Waals surface area contributed by atoms with E-state index in [4.69, 9.17) is 0 Å². The molecule has 0 aliphatic carbocycles. The molecule has 2 rings (SSSR count). The second-order valence-corrected chi connectivity index (χ2v) is 10.7. The second kappa shape index (κ2) is 9.95. The van der Waals surface area contributed by atoms with Crippen LogP contribution in [0.2, 0.25) is 0 Å². The van der Waals surface area contributed by atoms with Crippen molar-refractivity contribution in [1.29, 1.82) is 0 Å². The van der Waals surface area contributed by atoms with Crippen molar-refractivity contribution in [2.75, 3.05) is 37.3 Å². The summed E-state index contributed by atoms with van der Waals surface area (Å²) < 4.78 is 23.6. The van der Waals surface area contributed by atoms with Crippen molar-refractivity contribution >= 4 is 45.5 Å². The molecule has 1 heterocycles. The van der Waals surface area contributed by atoms with Crippen molar-refractivity contribution in [1.82, 2.24) is 10.6 Å². The van der Waals surface area contributed by atoms with Gasteiger partial charge in [-0.3, -0.25) is 4.99 Å². The number of halogens is 1. The zero-order valence-electron chi connectivity index (χ0n) is 16.9. The maximum Gasteiger partial charge on any atom is 0.191 e. The SMILES string of the molecule is CN=C(NCCS(=O)(=O)C(C)(C)C)NC1CCN(c2ccc(C)cc2)C1.I. The van der Waals surface area contributed by atoms with Crippen molar-refractivity contribution in [3.63, 3.8) is 0 Å². The highest BCUT2D eigenvalue weighted by molar-refractivity contribution is 14.0. The third-order valence-electron chi connectivity index (χ3n) is 4.75. The van der Waals surface area contributed by atoms with Gasteiger partial charge in [-0.25, -0.2) is 8.42 Å². The van der Waals surface area contributed by atoms with Crippen LogP contribution in [0.4, 0.5) is 5.69 Å². The summed E-state index contributed by atoms with van der Waals surface area (Å²) >= 11 is 0. The van der Waals surface area contributed by atoms with Crippen LogP contribution in [-0.2, 0) is 9.84 Å². The Balaban J connectivity index is 0.00000364. The van der Waals surface area contributed by atoms with Crippen LogP contribution in [0.5, 0.6) is 0 Å². The Labute approximate surface area is 181 Å². The Hall–Kier alpha value is -1.03. The largest absolute Gasteiger partial charge is 0.369 e. The van der Waals surface area contributed by atoms with Crippen LogP contribution >= 0.6 is 24.0 Å². The number of aryl methyl sites for hydroxylation is 1. The highest BCUT2D eigenvalue weighted by Gasteiger charge is 2.28. The first-order valence-corrected chi connectivity index (χ1v) is 10.8. The van der Waals surface area contributed by atoms with Gasteiger partial charge in [-0.15, -0.1) is 24.0 Å². The minimum Gasteiger partial charge on any atom is -0.369 e. The molecule has 6 nitrogen and oxygen atoms in total. The molecule has 0 aromatic heterocycles. The average molecular weight is 508 g/mol. The van der Waals surface area contributed by atoms with E-state index in [1.165, 1.54) is 11.3 Å². The summed E-state index contributed by atoms with van der Waals surface area (Å²) in [5.74, 6) is 0.752. The van der Waals surface area contributed by atoms with Gasteiger partial charge in [-0.05, 0) is 46.2 Å². The number of rotatable bonds is 5. The molecule has 1 aromatic carbocycles. The van der Waals surface area contributed by atoms with Gasteiger partial charge in [0, 0.05) is 38.4 Å². The number of nitrogens with one attached hydrogen (secondary N) is 2. The zero-order chi connectivity index (χ0) is 19.4. The molecule has 154 valence electrons. The molecule has 27 heavy (non-hydrogen) atoms. The van der Waals surface area contributed by atoms with Crippen molar-refractivity contribution in [3.05, 3.63) is 29.8 Å². The first kappa shape index (κ1) is 24.0. The number of benzene rings is 1. The lowest BCUT2D eigenvalue weighted by atomic mass is 10.2. The Bertz CT molecular complexity index is 727. The molecule has 1 aromatic rings. The van der Waals surface area contributed by atoms with Crippen LogP contribution in [0.15, 0.2) is 29.3 Å². The van der Waals surface area contributed by atoms with Crippen molar-refractivity contribution < 1.29 is 8.42 Å². The molecular weight excluding hydrogens is 475 g/mol. The molecular formula is C19H33IN4O2S. The number of anilines is 1. The summed E-state index contributed by atoms with van der Waals surface area (Å²) in [4.78, 5) is 6.58. The quantitative estimate of drug-likeness (QED) is 0.364. The van der Waals surface area contributed by atoms with Gasteiger partial charge >= 0.3 is 0 Å². The topological polar surface area (TPSA) is 73.8 Å². The number of sulfone groups is 1. The van der Waals surface area contributed by atoms with Gasteiger partial charge in [0.05, 0.1) is 10.5 Å². The molecule has 1 saturated heterocycles. The first-order chi connectivity index (χ1) is 12.1. The minimum atomic E-state index is -3.13. The number of hydrogen-bond acceptors (Lipinski definition) is 4. The molecule has 1 unspecified atom stereocenters. The summed E-state index contributed by atoms with van der Waals surface area (Å²) in [5.41, 5.74) is 2.50. The Morgan fingerprint density at radius 2 is 1.89 bits per heavy atom. The van der Waals surface area contributed by atoms with E-state index < -0.39 is 14.6 Å². The van der Waals surface area contributed by atoms with Crippen LogP contribution in [-0.4, -0.2) is 57.6 Å². The highest BCUT2D eigenvalue weighted by atomic mass is 127. The van der Waals surface area contributed by atoms with E-state index in [0.29, 0.717) is 18.5 Å². The lowest BCUT2D eigenvalue weighted by Gasteiger charge is -2.22. The second-order valence-electron chi connectivity index (χ2n) is 7.84. The van der Waals surface area contributed by atoms with Crippen LogP contribution in [0.25, 0.3) is 0 Å². The fraction of sp³-hybridized carbons (Fsp3) is 0.632. The van der Waals surface area contributed by atoms with Crippen LogP contribution < -0.4 is 15.5 Å². The van der Waals surface area contributed by atoms with Gasteiger partial charge in [-0.1, -0.05) is 17.7 Å². The maximum absolute atomic E-state index is 12.2. The highest BCUT2D eigenvalue weighted by Crippen LogP contribution is 2.20. The third-order valence-corrected chi connectivity index (χ3v) is 7.36. The summed E-state index contributed by atoms with van der Waals surface area (Å²) in [5, 5.41) is 6.53. The molecule has 1 aliphatic rings. The lowest BCUT2D eigenvalue weighted by Crippen LogP contribution is -2.46. The Morgan fingerprint density at radius 3 is 2.44 bits per heavy atom. The van der Waals surface area contributed by atoms with Crippen molar-refractivity contribution in [3.8, 4) is 0 Å². The van der Waals surface area contributed by atoms with Gasteiger partial charge < -0.3 is 15.5 Å². The molecule has 0 amide bonds.